The summed E-state index contributed by atoms with van der Waals surface area (Å²) < 4.78 is 5.47. The molecule has 0 atom stereocenters. The van der Waals surface area contributed by atoms with Crippen molar-refractivity contribution < 1.29 is 4.74 Å². The maximum absolute atomic E-state index is 5.47. The minimum atomic E-state index is -0.0357. The molecule has 5 heteroatoms. The summed E-state index contributed by atoms with van der Waals surface area (Å²) in [6.45, 7) is 0.607. The van der Waals surface area contributed by atoms with Gasteiger partial charge in [0, 0.05) is 12.0 Å². The summed E-state index contributed by atoms with van der Waals surface area (Å²) in [7, 11) is 0. The van der Waals surface area contributed by atoms with Crippen molar-refractivity contribution in [3.63, 3.8) is 0 Å². The van der Waals surface area contributed by atoms with E-state index >= 15 is 0 Å². The molecule has 0 amide bonds. The highest BCUT2D eigenvalue weighted by atomic mass is 16.5. The van der Waals surface area contributed by atoms with E-state index in [1.807, 2.05) is 24.3 Å². The Kier molecular flexibility index (Phi) is 2.53. The Bertz CT molecular complexity index is 421. The summed E-state index contributed by atoms with van der Waals surface area (Å²) in [6, 6.07) is 7.69. The molecule has 0 spiro atoms. The van der Waals surface area contributed by atoms with Crippen LogP contribution < -0.4 is 16.2 Å². The van der Waals surface area contributed by atoms with E-state index in [1.54, 1.807) is 0 Å². The van der Waals surface area contributed by atoms with E-state index in [1.165, 1.54) is 0 Å². The van der Waals surface area contributed by atoms with Gasteiger partial charge in [-0.2, -0.15) is 5.10 Å². The van der Waals surface area contributed by atoms with Gasteiger partial charge in [-0.15, -0.1) is 5.10 Å². The molecule has 15 heavy (non-hydrogen) atoms. The van der Waals surface area contributed by atoms with Crippen LogP contribution >= 0.6 is 0 Å². The zero-order valence-electron chi connectivity index (χ0n) is 8.18. The second-order valence-electron chi connectivity index (χ2n) is 3.17. The van der Waals surface area contributed by atoms with Crippen molar-refractivity contribution >= 4 is 11.7 Å². The number of rotatable bonds is 1. The Morgan fingerprint density at radius 3 is 2.87 bits per heavy atom. The number of fused-ring (bicyclic) bond motifs is 1. The molecule has 0 unspecified atom stereocenters. The summed E-state index contributed by atoms with van der Waals surface area (Å²) in [5, 5.41) is 7.65. The number of hydrogen-bond acceptors (Lipinski definition) is 3. The molecule has 2 rings (SSSR count). The lowest BCUT2D eigenvalue weighted by Crippen LogP contribution is -2.22. The summed E-state index contributed by atoms with van der Waals surface area (Å²) in [4.78, 5) is 0. The average Bonchev–Trinajstić information content (AvgIpc) is 2.26. The van der Waals surface area contributed by atoms with Crippen molar-refractivity contribution in [3.05, 3.63) is 29.8 Å². The van der Waals surface area contributed by atoms with Crippen molar-refractivity contribution in [2.24, 2.45) is 21.7 Å². The first kappa shape index (κ1) is 9.51. The van der Waals surface area contributed by atoms with E-state index in [4.69, 9.17) is 16.2 Å². The topological polar surface area (TPSA) is 86.0 Å². The van der Waals surface area contributed by atoms with Crippen LogP contribution in [-0.2, 0) is 0 Å². The first-order valence-electron chi connectivity index (χ1n) is 4.65. The summed E-state index contributed by atoms with van der Waals surface area (Å²) >= 11 is 0. The first-order valence-corrected chi connectivity index (χ1v) is 4.65. The van der Waals surface area contributed by atoms with Crippen molar-refractivity contribution in [1.82, 2.24) is 0 Å². The van der Waals surface area contributed by atoms with E-state index in [0.29, 0.717) is 13.0 Å². The van der Waals surface area contributed by atoms with E-state index in [-0.39, 0.29) is 5.96 Å². The van der Waals surface area contributed by atoms with Gasteiger partial charge in [-0.3, -0.25) is 0 Å². The predicted molar refractivity (Wildman–Crippen MR) is 58.9 cm³/mol. The summed E-state index contributed by atoms with van der Waals surface area (Å²) in [6.07, 6.45) is 0.716. The van der Waals surface area contributed by atoms with Gasteiger partial charge in [-0.05, 0) is 12.1 Å². The molecule has 0 fully saturated rings. The summed E-state index contributed by atoms with van der Waals surface area (Å²) in [5.74, 6) is 0.791. The van der Waals surface area contributed by atoms with Crippen LogP contribution in [0.3, 0.4) is 0 Å². The molecule has 1 aliphatic rings. The van der Waals surface area contributed by atoms with Gasteiger partial charge in [0.1, 0.15) is 5.75 Å². The number of nitrogens with two attached hydrogens (primary N) is 2. The van der Waals surface area contributed by atoms with Crippen LogP contribution in [-0.4, -0.2) is 18.3 Å². The zero-order chi connectivity index (χ0) is 10.7. The lowest BCUT2D eigenvalue weighted by Gasteiger charge is -2.17. The molecular formula is C10H12N4O. The van der Waals surface area contributed by atoms with Crippen molar-refractivity contribution in [2.45, 2.75) is 6.42 Å². The smallest absolute Gasteiger partial charge is 0.211 e. The second kappa shape index (κ2) is 4.00. The van der Waals surface area contributed by atoms with Gasteiger partial charge in [-0.1, -0.05) is 12.1 Å². The molecule has 78 valence electrons. The van der Waals surface area contributed by atoms with Crippen LogP contribution in [0.25, 0.3) is 0 Å². The van der Waals surface area contributed by atoms with Crippen LogP contribution in [0, 0.1) is 0 Å². The first-order chi connectivity index (χ1) is 7.27. The lowest BCUT2D eigenvalue weighted by molar-refractivity contribution is 0.320. The van der Waals surface area contributed by atoms with Gasteiger partial charge in [0.15, 0.2) is 0 Å². The highest BCUT2D eigenvalue weighted by molar-refractivity contribution is 6.03. The fourth-order valence-corrected chi connectivity index (χ4v) is 1.45. The Labute approximate surface area is 87.4 Å². The number of hydrogen-bond donors (Lipinski definition) is 2. The zero-order valence-corrected chi connectivity index (χ0v) is 8.18. The van der Waals surface area contributed by atoms with Gasteiger partial charge < -0.3 is 16.2 Å². The molecule has 0 radical (unpaired) electrons. The van der Waals surface area contributed by atoms with Crippen LogP contribution in [0.1, 0.15) is 12.0 Å². The van der Waals surface area contributed by atoms with Gasteiger partial charge in [0.05, 0.1) is 12.3 Å². The molecule has 1 heterocycles. The molecule has 1 aliphatic heterocycles. The van der Waals surface area contributed by atoms with Gasteiger partial charge >= 0.3 is 0 Å². The molecule has 0 saturated heterocycles. The van der Waals surface area contributed by atoms with Crippen molar-refractivity contribution in [1.29, 1.82) is 0 Å². The van der Waals surface area contributed by atoms with Gasteiger partial charge in [-0.25, -0.2) is 0 Å². The molecular weight excluding hydrogens is 192 g/mol. The fraction of sp³-hybridized carbons (Fsp3) is 0.200. The molecule has 1 aromatic carbocycles. The van der Waals surface area contributed by atoms with Crippen LogP contribution in [0.5, 0.6) is 5.75 Å². The normalized spacial score (nSPS) is 16.7. The predicted octanol–water partition coefficient (Wildman–Crippen LogP) is 0.447. The molecule has 0 bridgehead atoms. The van der Waals surface area contributed by atoms with Crippen LogP contribution in [0.2, 0.25) is 0 Å². The maximum atomic E-state index is 5.47. The Hall–Kier alpha value is -2.04. The van der Waals surface area contributed by atoms with E-state index in [9.17, 15) is 0 Å². The Morgan fingerprint density at radius 1 is 1.27 bits per heavy atom. The third-order valence-corrected chi connectivity index (χ3v) is 2.08. The highest BCUT2D eigenvalue weighted by Gasteiger charge is 2.15. The van der Waals surface area contributed by atoms with E-state index in [0.717, 1.165) is 17.0 Å². The molecule has 5 nitrogen and oxygen atoms in total. The minimum absolute atomic E-state index is 0.0357. The molecule has 4 N–H and O–H groups in total. The lowest BCUT2D eigenvalue weighted by atomic mass is 10.0. The number of guanidine groups is 1. The third kappa shape index (κ3) is 2.07. The van der Waals surface area contributed by atoms with E-state index < -0.39 is 0 Å². The number of para-hydroxylation sites is 1. The quantitative estimate of drug-likeness (QED) is 0.395. The Balaban J connectivity index is 2.38. The molecule has 0 aromatic heterocycles. The fourth-order valence-electron chi connectivity index (χ4n) is 1.45. The molecule has 0 aliphatic carbocycles. The minimum Gasteiger partial charge on any atom is -0.492 e. The SMILES string of the molecule is NC(N)=N/N=C1/CCOc2ccccc21. The van der Waals surface area contributed by atoms with Crippen molar-refractivity contribution in [2.75, 3.05) is 6.61 Å². The average molecular weight is 204 g/mol. The van der Waals surface area contributed by atoms with Crippen molar-refractivity contribution in [3.8, 4) is 5.75 Å². The van der Waals surface area contributed by atoms with Crippen LogP contribution in [0.4, 0.5) is 0 Å². The number of ether oxygens (including phenoxy) is 1. The summed E-state index contributed by atoms with van der Waals surface area (Å²) in [5.41, 5.74) is 12.2. The molecule has 1 aromatic rings. The molecule has 0 saturated carbocycles. The highest BCUT2D eigenvalue weighted by Crippen LogP contribution is 2.24. The van der Waals surface area contributed by atoms with Gasteiger partial charge in [0.2, 0.25) is 5.96 Å². The monoisotopic (exact) mass is 204 g/mol. The second-order valence-corrected chi connectivity index (χ2v) is 3.17. The van der Waals surface area contributed by atoms with Crippen LogP contribution in [0.15, 0.2) is 34.5 Å². The number of nitrogens with zero attached hydrogens (tertiary/aromatic N) is 2. The largest absolute Gasteiger partial charge is 0.492 e. The standard InChI is InChI=1S/C10H12N4O/c11-10(12)14-13-8-5-6-15-9-4-2-1-3-7(8)9/h1-4H,5-6H2,(H4,11,12,14)/b13-8-. The number of benzene rings is 1. The van der Waals surface area contributed by atoms with E-state index in [2.05, 4.69) is 10.2 Å². The maximum Gasteiger partial charge on any atom is 0.211 e. The van der Waals surface area contributed by atoms with Gasteiger partial charge in [0.25, 0.3) is 0 Å². The third-order valence-electron chi connectivity index (χ3n) is 2.08. The Morgan fingerprint density at radius 2 is 2.07 bits per heavy atom.